The van der Waals surface area contributed by atoms with Gasteiger partial charge in [-0.25, -0.2) is 0 Å². The van der Waals surface area contributed by atoms with Gasteiger partial charge >= 0.3 is 0 Å². The van der Waals surface area contributed by atoms with Crippen LogP contribution in [0.1, 0.15) is 59.3 Å². The van der Waals surface area contributed by atoms with Crippen LogP contribution in [0.15, 0.2) is 12.2 Å². The van der Waals surface area contributed by atoms with Gasteiger partial charge in [0.25, 0.3) is 0 Å². The van der Waals surface area contributed by atoms with Crippen molar-refractivity contribution >= 4 is 0 Å². The number of rotatable bonds is 2. The largest absolute Gasteiger partial charge is 0.375 e. The van der Waals surface area contributed by atoms with Gasteiger partial charge in [0.1, 0.15) is 0 Å². The predicted octanol–water partition coefficient (Wildman–Crippen LogP) is 4.33. The van der Waals surface area contributed by atoms with Crippen molar-refractivity contribution < 1.29 is 4.74 Å². The highest BCUT2D eigenvalue weighted by Crippen LogP contribution is 2.39. The number of hydrogen-bond acceptors (Lipinski definition) is 1. The second-order valence-corrected chi connectivity index (χ2v) is 5.99. The van der Waals surface area contributed by atoms with Crippen molar-refractivity contribution in [3.8, 4) is 0 Å². The zero-order valence-electron chi connectivity index (χ0n) is 11.0. The molecule has 0 saturated carbocycles. The Balaban J connectivity index is 1.95. The van der Waals surface area contributed by atoms with E-state index in [1.807, 2.05) is 0 Å². The molecule has 1 nitrogen and oxygen atoms in total. The molecule has 1 heterocycles. The van der Waals surface area contributed by atoms with Gasteiger partial charge in [0.05, 0.1) is 12.2 Å². The summed E-state index contributed by atoms with van der Waals surface area (Å²) in [5, 5.41) is 0. The van der Waals surface area contributed by atoms with Gasteiger partial charge in [-0.3, -0.25) is 0 Å². The molecular formula is C15H26O. The Labute approximate surface area is 100 Å². The normalized spacial score (nSPS) is 44.6. The molecule has 1 aliphatic carbocycles. The first-order valence-electron chi connectivity index (χ1n) is 6.98. The molecule has 2 unspecified atom stereocenters. The van der Waals surface area contributed by atoms with Gasteiger partial charge < -0.3 is 4.74 Å². The minimum Gasteiger partial charge on any atom is -0.375 e. The highest BCUT2D eigenvalue weighted by atomic mass is 16.5. The molecular weight excluding hydrogens is 196 g/mol. The van der Waals surface area contributed by atoms with E-state index in [9.17, 15) is 0 Å². The van der Waals surface area contributed by atoms with E-state index in [1.165, 1.54) is 38.5 Å². The standard InChI is InChI=1S/C15H26O/c1-4-15(3)10-8-13(9-11-15)14-7-5-6-12(2)16-14/h8,10,12-14H,4-7,9,11H2,1-3H3/t12-,13?,14?,15-/m0/s1. The monoisotopic (exact) mass is 222 g/mol. The van der Waals surface area contributed by atoms with E-state index in [4.69, 9.17) is 4.74 Å². The first-order valence-corrected chi connectivity index (χ1v) is 6.98. The lowest BCUT2D eigenvalue weighted by Gasteiger charge is -2.37. The Hall–Kier alpha value is -0.300. The van der Waals surface area contributed by atoms with Crippen LogP contribution < -0.4 is 0 Å². The van der Waals surface area contributed by atoms with Crippen molar-refractivity contribution in [3.63, 3.8) is 0 Å². The molecule has 0 aromatic heterocycles. The quantitative estimate of drug-likeness (QED) is 0.632. The molecule has 0 bridgehead atoms. The number of hydrogen-bond donors (Lipinski definition) is 0. The molecule has 92 valence electrons. The summed E-state index contributed by atoms with van der Waals surface area (Å²) >= 11 is 0. The summed E-state index contributed by atoms with van der Waals surface area (Å²) in [7, 11) is 0. The van der Waals surface area contributed by atoms with Crippen molar-refractivity contribution in [1.29, 1.82) is 0 Å². The Kier molecular flexibility index (Phi) is 3.73. The van der Waals surface area contributed by atoms with Crippen LogP contribution in [-0.2, 0) is 4.74 Å². The van der Waals surface area contributed by atoms with Gasteiger partial charge in [0, 0.05) is 5.92 Å². The van der Waals surface area contributed by atoms with Gasteiger partial charge in [-0.2, -0.15) is 0 Å². The highest BCUT2D eigenvalue weighted by Gasteiger charge is 2.31. The third-order valence-electron chi connectivity index (χ3n) is 4.59. The van der Waals surface area contributed by atoms with Crippen molar-refractivity contribution in [2.75, 3.05) is 0 Å². The molecule has 0 aromatic carbocycles. The zero-order chi connectivity index (χ0) is 11.6. The molecule has 1 fully saturated rings. The van der Waals surface area contributed by atoms with Crippen molar-refractivity contribution in [2.24, 2.45) is 11.3 Å². The molecule has 0 spiro atoms. The minimum absolute atomic E-state index is 0.455. The predicted molar refractivity (Wildman–Crippen MR) is 68.4 cm³/mol. The third-order valence-corrected chi connectivity index (χ3v) is 4.59. The zero-order valence-corrected chi connectivity index (χ0v) is 11.0. The van der Waals surface area contributed by atoms with Gasteiger partial charge in [0.15, 0.2) is 0 Å². The van der Waals surface area contributed by atoms with Crippen LogP contribution in [-0.4, -0.2) is 12.2 Å². The average molecular weight is 222 g/mol. The van der Waals surface area contributed by atoms with E-state index in [-0.39, 0.29) is 0 Å². The summed E-state index contributed by atoms with van der Waals surface area (Å²) in [6, 6.07) is 0. The van der Waals surface area contributed by atoms with Gasteiger partial charge in [-0.15, -0.1) is 0 Å². The SMILES string of the molecule is CC[C@@]1(C)C=CC(C2CCC[C@H](C)O2)CC1. The van der Waals surface area contributed by atoms with Gasteiger partial charge in [-0.05, 0) is 50.9 Å². The molecule has 4 atom stereocenters. The van der Waals surface area contributed by atoms with Crippen LogP contribution in [0.5, 0.6) is 0 Å². The highest BCUT2D eigenvalue weighted by molar-refractivity contribution is 5.06. The fourth-order valence-electron chi connectivity index (χ4n) is 2.99. The van der Waals surface area contributed by atoms with Crippen LogP contribution >= 0.6 is 0 Å². The van der Waals surface area contributed by atoms with Crippen LogP contribution in [0.4, 0.5) is 0 Å². The van der Waals surface area contributed by atoms with E-state index in [2.05, 4.69) is 32.9 Å². The lowest BCUT2D eigenvalue weighted by molar-refractivity contribution is -0.0634. The van der Waals surface area contributed by atoms with Gasteiger partial charge in [0.2, 0.25) is 0 Å². The van der Waals surface area contributed by atoms with Crippen LogP contribution in [0.3, 0.4) is 0 Å². The topological polar surface area (TPSA) is 9.23 Å². The third kappa shape index (κ3) is 2.68. The lowest BCUT2D eigenvalue weighted by atomic mass is 9.73. The van der Waals surface area contributed by atoms with Gasteiger partial charge in [-0.1, -0.05) is 26.0 Å². The van der Waals surface area contributed by atoms with Crippen LogP contribution in [0, 0.1) is 11.3 Å². The van der Waals surface area contributed by atoms with E-state index in [1.54, 1.807) is 0 Å². The Morgan fingerprint density at radius 3 is 2.69 bits per heavy atom. The number of ether oxygens (including phenoxy) is 1. The molecule has 0 N–H and O–H groups in total. The van der Waals surface area contributed by atoms with Crippen LogP contribution in [0.2, 0.25) is 0 Å². The van der Waals surface area contributed by atoms with Crippen molar-refractivity contribution in [1.82, 2.24) is 0 Å². The van der Waals surface area contributed by atoms with E-state index in [0.717, 1.165) is 0 Å². The summed E-state index contributed by atoms with van der Waals surface area (Å²) in [4.78, 5) is 0. The second kappa shape index (κ2) is 4.91. The summed E-state index contributed by atoms with van der Waals surface area (Å²) in [5.41, 5.74) is 0.455. The summed E-state index contributed by atoms with van der Waals surface area (Å²) in [6.07, 6.45) is 13.6. The molecule has 2 rings (SSSR count). The number of allylic oxidation sites excluding steroid dienone is 1. The van der Waals surface area contributed by atoms with Crippen molar-refractivity contribution in [3.05, 3.63) is 12.2 Å². The second-order valence-electron chi connectivity index (χ2n) is 5.99. The molecule has 16 heavy (non-hydrogen) atoms. The smallest absolute Gasteiger partial charge is 0.0641 e. The summed E-state index contributed by atoms with van der Waals surface area (Å²) < 4.78 is 6.08. The van der Waals surface area contributed by atoms with E-state index in [0.29, 0.717) is 23.5 Å². The summed E-state index contributed by atoms with van der Waals surface area (Å²) in [5.74, 6) is 0.683. The minimum atomic E-state index is 0.455. The molecule has 2 aliphatic rings. The van der Waals surface area contributed by atoms with E-state index >= 15 is 0 Å². The Bertz CT molecular complexity index is 258. The molecule has 0 radical (unpaired) electrons. The maximum Gasteiger partial charge on any atom is 0.0641 e. The average Bonchev–Trinajstić information content (AvgIpc) is 2.30. The first kappa shape index (κ1) is 12.2. The van der Waals surface area contributed by atoms with Crippen molar-refractivity contribution in [2.45, 2.75) is 71.5 Å². The fraction of sp³-hybridized carbons (Fsp3) is 0.867. The maximum atomic E-state index is 6.08. The Morgan fingerprint density at radius 2 is 2.12 bits per heavy atom. The summed E-state index contributed by atoms with van der Waals surface area (Å²) in [6.45, 7) is 6.89. The fourth-order valence-corrected chi connectivity index (χ4v) is 2.99. The lowest BCUT2D eigenvalue weighted by Crippen LogP contribution is -2.33. The van der Waals surface area contributed by atoms with E-state index < -0.39 is 0 Å². The molecule has 1 heteroatoms. The van der Waals surface area contributed by atoms with Crippen LogP contribution in [0.25, 0.3) is 0 Å². The maximum absolute atomic E-state index is 6.08. The first-order chi connectivity index (χ1) is 7.63. The molecule has 0 aromatic rings. The molecule has 1 aliphatic heterocycles. The Morgan fingerprint density at radius 1 is 1.31 bits per heavy atom. The molecule has 0 amide bonds. The molecule has 1 saturated heterocycles.